The van der Waals surface area contributed by atoms with E-state index in [-0.39, 0.29) is 5.91 Å². The van der Waals surface area contributed by atoms with E-state index in [0.29, 0.717) is 26.2 Å². The molecule has 0 aromatic carbocycles. The molecule has 0 aromatic rings. The lowest BCUT2D eigenvalue weighted by Gasteiger charge is -2.21. The van der Waals surface area contributed by atoms with E-state index < -0.39 is 5.54 Å². The maximum absolute atomic E-state index is 11.5. The summed E-state index contributed by atoms with van der Waals surface area (Å²) in [6.45, 7) is 6.23. The van der Waals surface area contributed by atoms with Crippen molar-refractivity contribution >= 4 is 5.91 Å². The minimum absolute atomic E-state index is 0.119. The Hall–Kier alpha value is -0.650. The lowest BCUT2D eigenvalue weighted by molar-refractivity contribution is -0.126. The highest BCUT2D eigenvalue weighted by Gasteiger charge is 2.25. The number of nitrogens with one attached hydrogen (secondary N) is 1. The number of likely N-dealkylation sites (N-methyl/N-ethyl adjacent to an activating group) is 1. The van der Waals surface area contributed by atoms with E-state index in [1.807, 2.05) is 25.9 Å². The van der Waals surface area contributed by atoms with E-state index in [1.54, 1.807) is 6.92 Å². The standard InChI is InChI=1S/C11H25N3O2/c1-5-11(2,12)10(15)13-6-8-16-9-7-14(3)4/h5-9,12H2,1-4H3,(H,13,15). The summed E-state index contributed by atoms with van der Waals surface area (Å²) in [7, 11) is 3.98. The van der Waals surface area contributed by atoms with E-state index in [9.17, 15) is 4.79 Å². The van der Waals surface area contributed by atoms with Gasteiger partial charge in [0, 0.05) is 13.1 Å². The molecule has 0 bridgehead atoms. The average Bonchev–Trinajstić information content (AvgIpc) is 2.22. The second-order valence-corrected chi connectivity index (χ2v) is 4.44. The Bertz CT molecular complexity index is 205. The summed E-state index contributed by atoms with van der Waals surface area (Å²) in [5, 5.41) is 2.76. The molecule has 0 aromatic heterocycles. The van der Waals surface area contributed by atoms with Crippen LogP contribution in [0.4, 0.5) is 0 Å². The monoisotopic (exact) mass is 231 g/mol. The van der Waals surface area contributed by atoms with Crippen LogP contribution in [0.2, 0.25) is 0 Å². The third-order valence-electron chi connectivity index (χ3n) is 2.47. The topological polar surface area (TPSA) is 67.6 Å². The van der Waals surface area contributed by atoms with Gasteiger partial charge < -0.3 is 20.7 Å². The number of rotatable bonds is 8. The molecular weight excluding hydrogens is 206 g/mol. The van der Waals surface area contributed by atoms with Gasteiger partial charge in [-0.2, -0.15) is 0 Å². The maximum atomic E-state index is 11.5. The number of carbonyl (C=O) groups is 1. The lowest BCUT2D eigenvalue weighted by Crippen LogP contribution is -2.51. The zero-order valence-corrected chi connectivity index (χ0v) is 10.9. The van der Waals surface area contributed by atoms with Crippen LogP contribution in [-0.2, 0) is 9.53 Å². The molecule has 3 N–H and O–H groups in total. The third-order valence-corrected chi connectivity index (χ3v) is 2.47. The van der Waals surface area contributed by atoms with Crippen molar-refractivity contribution in [3.05, 3.63) is 0 Å². The fraction of sp³-hybridized carbons (Fsp3) is 0.909. The summed E-state index contributed by atoms with van der Waals surface area (Å²) in [6, 6.07) is 0. The largest absolute Gasteiger partial charge is 0.378 e. The number of nitrogens with zero attached hydrogens (tertiary/aromatic N) is 1. The highest BCUT2D eigenvalue weighted by atomic mass is 16.5. The third kappa shape index (κ3) is 6.76. The molecule has 1 atom stereocenters. The van der Waals surface area contributed by atoms with Crippen molar-refractivity contribution in [2.75, 3.05) is 40.4 Å². The van der Waals surface area contributed by atoms with Gasteiger partial charge in [0.25, 0.3) is 0 Å². The van der Waals surface area contributed by atoms with Gasteiger partial charge in [-0.1, -0.05) is 6.92 Å². The Morgan fingerprint density at radius 2 is 2.06 bits per heavy atom. The Kier molecular flexibility index (Phi) is 7.29. The van der Waals surface area contributed by atoms with E-state index in [0.717, 1.165) is 6.54 Å². The highest BCUT2D eigenvalue weighted by molar-refractivity contribution is 5.85. The average molecular weight is 231 g/mol. The normalized spacial score (nSPS) is 14.9. The molecular formula is C11H25N3O2. The van der Waals surface area contributed by atoms with Crippen molar-refractivity contribution in [1.29, 1.82) is 0 Å². The number of hydrogen-bond donors (Lipinski definition) is 2. The molecule has 0 aliphatic rings. The Balaban J connectivity index is 3.49. The lowest BCUT2D eigenvalue weighted by atomic mass is 10.00. The van der Waals surface area contributed by atoms with Crippen LogP contribution in [0.25, 0.3) is 0 Å². The summed E-state index contributed by atoms with van der Waals surface area (Å²) < 4.78 is 5.34. The summed E-state index contributed by atoms with van der Waals surface area (Å²) in [5.41, 5.74) is 5.01. The first-order valence-corrected chi connectivity index (χ1v) is 5.70. The van der Waals surface area contributed by atoms with Crippen molar-refractivity contribution in [2.24, 2.45) is 5.73 Å². The highest BCUT2D eigenvalue weighted by Crippen LogP contribution is 2.03. The van der Waals surface area contributed by atoms with Crippen LogP contribution in [0.15, 0.2) is 0 Å². The van der Waals surface area contributed by atoms with E-state index in [2.05, 4.69) is 5.32 Å². The zero-order chi connectivity index (χ0) is 12.6. The fourth-order valence-electron chi connectivity index (χ4n) is 0.948. The van der Waals surface area contributed by atoms with Gasteiger partial charge in [0.05, 0.1) is 18.8 Å². The van der Waals surface area contributed by atoms with Crippen LogP contribution in [0.3, 0.4) is 0 Å². The van der Waals surface area contributed by atoms with Gasteiger partial charge in [0.15, 0.2) is 0 Å². The first-order chi connectivity index (χ1) is 7.40. The Morgan fingerprint density at radius 3 is 2.56 bits per heavy atom. The Morgan fingerprint density at radius 1 is 1.44 bits per heavy atom. The second kappa shape index (κ2) is 7.60. The van der Waals surface area contributed by atoms with Crippen LogP contribution >= 0.6 is 0 Å². The molecule has 0 rings (SSSR count). The van der Waals surface area contributed by atoms with Crippen molar-refractivity contribution in [1.82, 2.24) is 10.2 Å². The molecule has 16 heavy (non-hydrogen) atoms. The van der Waals surface area contributed by atoms with Crippen molar-refractivity contribution in [2.45, 2.75) is 25.8 Å². The second-order valence-electron chi connectivity index (χ2n) is 4.44. The van der Waals surface area contributed by atoms with Gasteiger partial charge in [-0.15, -0.1) is 0 Å². The molecule has 0 spiro atoms. The van der Waals surface area contributed by atoms with Gasteiger partial charge in [0.1, 0.15) is 0 Å². The van der Waals surface area contributed by atoms with E-state index in [1.165, 1.54) is 0 Å². The maximum Gasteiger partial charge on any atom is 0.239 e. The molecule has 0 heterocycles. The van der Waals surface area contributed by atoms with Crippen LogP contribution < -0.4 is 11.1 Å². The minimum atomic E-state index is -0.774. The van der Waals surface area contributed by atoms with Crippen LogP contribution in [-0.4, -0.2) is 56.7 Å². The minimum Gasteiger partial charge on any atom is -0.378 e. The molecule has 5 heteroatoms. The molecule has 0 saturated carbocycles. The van der Waals surface area contributed by atoms with Crippen LogP contribution in [0.1, 0.15) is 20.3 Å². The first kappa shape index (κ1) is 15.3. The number of amides is 1. The summed E-state index contributed by atoms with van der Waals surface area (Å²) in [6.07, 6.45) is 0.625. The molecule has 0 aliphatic carbocycles. The van der Waals surface area contributed by atoms with Gasteiger partial charge in [0.2, 0.25) is 5.91 Å². The van der Waals surface area contributed by atoms with Crippen LogP contribution in [0.5, 0.6) is 0 Å². The van der Waals surface area contributed by atoms with Gasteiger partial charge in [-0.3, -0.25) is 4.79 Å². The SMILES string of the molecule is CCC(C)(N)C(=O)NCCOCCN(C)C. The number of hydrogen-bond acceptors (Lipinski definition) is 4. The van der Waals surface area contributed by atoms with E-state index >= 15 is 0 Å². The van der Waals surface area contributed by atoms with Crippen molar-refractivity contribution in [3.8, 4) is 0 Å². The number of nitrogens with two attached hydrogens (primary N) is 1. The summed E-state index contributed by atoms with van der Waals surface area (Å²) in [5.74, 6) is -0.119. The molecule has 1 amide bonds. The van der Waals surface area contributed by atoms with Crippen LogP contribution in [0, 0.1) is 0 Å². The zero-order valence-electron chi connectivity index (χ0n) is 10.9. The van der Waals surface area contributed by atoms with Crippen molar-refractivity contribution in [3.63, 3.8) is 0 Å². The van der Waals surface area contributed by atoms with Gasteiger partial charge in [-0.25, -0.2) is 0 Å². The first-order valence-electron chi connectivity index (χ1n) is 5.70. The predicted molar refractivity (Wildman–Crippen MR) is 65.3 cm³/mol. The molecule has 5 nitrogen and oxygen atoms in total. The Labute approximate surface area is 98.3 Å². The molecule has 0 saturated heterocycles. The summed E-state index contributed by atoms with van der Waals surface area (Å²) >= 11 is 0. The molecule has 0 radical (unpaired) electrons. The summed E-state index contributed by atoms with van der Waals surface area (Å²) in [4.78, 5) is 13.6. The molecule has 1 unspecified atom stereocenters. The molecule has 0 aliphatic heterocycles. The fourth-order valence-corrected chi connectivity index (χ4v) is 0.948. The molecule has 0 fully saturated rings. The number of ether oxygens (including phenoxy) is 1. The quantitative estimate of drug-likeness (QED) is 0.568. The van der Waals surface area contributed by atoms with Gasteiger partial charge in [-0.05, 0) is 27.4 Å². The smallest absolute Gasteiger partial charge is 0.239 e. The predicted octanol–water partition coefficient (Wildman–Crippen LogP) is -0.192. The number of carbonyl (C=O) groups excluding carboxylic acids is 1. The van der Waals surface area contributed by atoms with E-state index in [4.69, 9.17) is 10.5 Å². The van der Waals surface area contributed by atoms with Crippen molar-refractivity contribution < 1.29 is 9.53 Å². The van der Waals surface area contributed by atoms with Gasteiger partial charge >= 0.3 is 0 Å². The molecule has 96 valence electrons.